The molecule has 0 radical (unpaired) electrons. The van der Waals surface area contributed by atoms with Crippen molar-refractivity contribution in [2.45, 2.75) is 0 Å². The highest BCUT2D eigenvalue weighted by atomic mass is 35.5. The average Bonchev–Trinajstić information content (AvgIpc) is 2.95. The Kier molecular flexibility index (Phi) is 3.67. The molecule has 0 bridgehead atoms. The summed E-state index contributed by atoms with van der Waals surface area (Å²) in [5, 5.41) is 0.402. The lowest BCUT2D eigenvalue weighted by Gasteiger charge is -1.99. The number of pyridine rings is 1. The molecule has 3 nitrogen and oxygen atoms in total. The molecule has 5 heteroatoms. The molecule has 0 atom stereocenters. The van der Waals surface area contributed by atoms with Gasteiger partial charge in [0.25, 0.3) is 0 Å². The average molecular weight is 298 g/mol. The molecular formula is C16H9ClFN3. The van der Waals surface area contributed by atoms with Crippen LogP contribution in [0.1, 0.15) is 11.3 Å². The third kappa shape index (κ3) is 3.28. The molecule has 0 amide bonds. The van der Waals surface area contributed by atoms with E-state index in [9.17, 15) is 4.39 Å². The van der Waals surface area contributed by atoms with Crippen LogP contribution in [0.25, 0.3) is 5.69 Å². The maximum atomic E-state index is 12.9. The Morgan fingerprint density at radius 1 is 1.05 bits per heavy atom. The molecule has 1 aromatic carbocycles. The van der Waals surface area contributed by atoms with Gasteiger partial charge >= 0.3 is 0 Å². The van der Waals surface area contributed by atoms with Gasteiger partial charge in [0.15, 0.2) is 0 Å². The predicted octanol–water partition coefficient (Wildman–Crippen LogP) is 3.46. The zero-order valence-electron chi connectivity index (χ0n) is 10.8. The monoisotopic (exact) mass is 297 g/mol. The summed E-state index contributed by atoms with van der Waals surface area (Å²) in [5.74, 6) is 5.64. The highest BCUT2D eigenvalue weighted by Crippen LogP contribution is 2.10. The third-order valence-corrected chi connectivity index (χ3v) is 2.98. The Labute approximate surface area is 126 Å². The normalized spacial score (nSPS) is 10.0. The molecule has 0 fully saturated rings. The molecule has 0 aliphatic carbocycles. The van der Waals surface area contributed by atoms with Crippen LogP contribution in [0.5, 0.6) is 0 Å². The topological polar surface area (TPSA) is 30.7 Å². The SMILES string of the molecule is Fc1ccc(-n2cnc(C#Cc3ccnc(Cl)c3)c2)cc1. The molecule has 2 aromatic heterocycles. The molecule has 21 heavy (non-hydrogen) atoms. The van der Waals surface area contributed by atoms with Gasteiger partial charge in [-0.3, -0.25) is 0 Å². The molecule has 0 N–H and O–H groups in total. The molecular weight excluding hydrogens is 289 g/mol. The lowest BCUT2D eigenvalue weighted by molar-refractivity contribution is 0.627. The van der Waals surface area contributed by atoms with E-state index in [2.05, 4.69) is 21.8 Å². The molecule has 102 valence electrons. The summed E-state index contributed by atoms with van der Waals surface area (Å²) in [4.78, 5) is 8.09. The largest absolute Gasteiger partial charge is 0.305 e. The Hall–Kier alpha value is -2.64. The van der Waals surface area contributed by atoms with Crippen molar-refractivity contribution in [2.24, 2.45) is 0 Å². The molecule has 0 unspecified atom stereocenters. The van der Waals surface area contributed by atoms with E-state index in [1.54, 1.807) is 47.6 Å². The van der Waals surface area contributed by atoms with Crippen LogP contribution in [0.3, 0.4) is 0 Å². The van der Waals surface area contributed by atoms with E-state index < -0.39 is 0 Å². The fourth-order valence-corrected chi connectivity index (χ4v) is 1.93. The number of halogens is 2. The number of nitrogens with zero attached hydrogens (tertiary/aromatic N) is 3. The number of aromatic nitrogens is 3. The predicted molar refractivity (Wildman–Crippen MR) is 78.7 cm³/mol. The molecule has 3 rings (SSSR count). The second-order valence-corrected chi connectivity index (χ2v) is 4.65. The molecule has 0 aliphatic rings. The van der Waals surface area contributed by atoms with Gasteiger partial charge in [0.2, 0.25) is 0 Å². The number of hydrogen-bond donors (Lipinski definition) is 0. The van der Waals surface area contributed by atoms with Crippen molar-refractivity contribution < 1.29 is 4.39 Å². The fourth-order valence-electron chi connectivity index (χ4n) is 1.76. The van der Waals surface area contributed by atoms with Crippen LogP contribution >= 0.6 is 11.6 Å². The minimum atomic E-state index is -0.270. The van der Waals surface area contributed by atoms with Gasteiger partial charge in [-0.25, -0.2) is 14.4 Å². The first-order chi connectivity index (χ1) is 10.2. The highest BCUT2D eigenvalue weighted by Gasteiger charge is 1.99. The van der Waals surface area contributed by atoms with Crippen LogP contribution in [0, 0.1) is 17.7 Å². The summed E-state index contributed by atoms with van der Waals surface area (Å²) >= 11 is 5.79. The zero-order valence-corrected chi connectivity index (χ0v) is 11.5. The van der Waals surface area contributed by atoms with Crippen LogP contribution < -0.4 is 0 Å². The minimum absolute atomic E-state index is 0.270. The number of rotatable bonds is 1. The van der Waals surface area contributed by atoms with E-state index in [4.69, 9.17) is 11.6 Å². The van der Waals surface area contributed by atoms with E-state index in [0.717, 1.165) is 11.3 Å². The quantitative estimate of drug-likeness (QED) is 0.509. The van der Waals surface area contributed by atoms with Crippen molar-refractivity contribution in [3.05, 3.63) is 77.3 Å². The van der Waals surface area contributed by atoms with E-state index >= 15 is 0 Å². The molecule has 0 aliphatic heterocycles. The summed E-state index contributed by atoms with van der Waals surface area (Å²) in [5.41, 5.74) is 2.21. The first kappa shape index (κ1) is 13.3. The molecule has 0 spiro atoms. The van der Waals surface area contributed by atoms with Gasteiger partial charge in [0, 0.05) is 23.6 Å². The van der Waals surface area contributed by atoms with Crippen molar-refractivity contribution in [2.75, 3.05) is 0 Å². The first-order valence-electron chi connectivity index (χ1n) is 6.14. The maximum absolute atomic E-state index is 12.9. The van der Waals surface area contributed by atoms with E-state index in [1.165, 1.54) is 12.1 Å². The van der Waals surface area contributed by atoms with Crippen LogP contribution in [0.2, 0.25) is 5.15 Å². The zero-order chi connectivity index (χ0) is 14.7. The molecule has 3 aromatic rings. The number of benzene rings is 1. The lowest BCUT2D eigenvalue weighted by atomic mass is 10.2. The van der Waals surface area contributed by atoms with Crippen LogP contribution in [0.15, 0.2) is 55.1 Å². The van der Waals surface area contributed by atoms with Gasteiger partial charge in [-0.05, 0) is 42.3 Å². The van der Waals surface area contributed by atoms with E-state index in [1.807, 2.05) is 0 Å². The third-order valence-electron chi connectivity index (χ3n) is 2.77. The van der Waals surface area contributed by atoms with Gasteiger partial charge < -0.3 is 4.57 Å². The van der Waals surface area contributed by atoms with Crippen LogP contribution in [-0.4, -0.2) is 14.5 Å². The fraction of sp³-hybridized carbons (Fsp3) is 0. The summed E-state index contributed by atoms with van der Waals surface area (Å²) in [6.45, 7) is 0. The molecule has 0 saturated carbocycles. The van der Waals surface area contributed by atoms with Crippen molar-refractivity contribution in [1.82, 2.24) is 14.5 Å². The van der Waals surface area contributed by atoms with Crippen molar-refractivity contribution in [3.63, 3.8) is 0 Å². The van der Waals surface area contributed by atoms with Crippen LogP contribution in [-0.2, 0) is 0 Å². The van der Waals surface area contributed by atoms with Gasteiger partial charge in [-0.2, -0.15) is 0 Å². The van der Waals surface area contributed by atoms with Crippen molar-refractivity contribution in [1.29, 1.82) is 0 Å². The first-order valence-corrected chi connectivity index (χ1v) is 6.52. The van der Waals surface area contributed by atoms with E-state index in [-0.39, 0.29) is 5.82 Å². The van der Waals surface area contributed by atoms with Crippen LogP contribution in [0.4, 0.5) is 4.39 Å². The Morgan fingerprint density at radius 3 is 2.62 bits per heavy atom. The van der Waals surface area contributed by atoms with Gasteiger partial charge in [-0.1, -0.05) is 17.5 Å². The highest BCUT2D eigenvalue weighted by molar-refractivity contribution is 6.29. The Morgan fingerprint density at radius 2 is 1.86 bits per heavy atom. The van der Waals surface area contributed by atoms with Crippen molar-refractivity contribution >= 4 is 11.6 Å². The molecule has 0 saturated heterocycles. The van der Waals surface area contributed by atoms with Gasteiger partial charge in [0.1, 0.15) is 23.0 Å². The minimum Gasteiger partial charge on any atom is -0.305 e. The van der Waals surface area contributed by atoms with Crippen molar-refractivity contribution in [3.8, 4) is 17.5 Å². The Balaban J connectivity index is 1.84. The maximum Gasteiger partial charge on any atom is 0.131 e. The summed E-state index contributed by atoms with van der Waals surface area (Å²) < 4.78 is 14.7. The Bertz CT molecular complexity index is 828. The summed E-state index contributed by atoms with van der Waals surface area (Å²) in [6.07, 6.45) is 5.02. The lowest BCUT2D eigenvalue weighted by Crippen LogP contribution is -1.89. The smallest absolute Gasteiger partial charge is 0.131 e. The standard InChI is InChI=1S/C16H9ClFN3/c17-16-9-12(7-8-19-16)1-4-14-10-21(11-20-14)15-5-2-13(18)3-6-15/h2-3,5-11H. The second kappa shape index (κ2) is 5.78. The molecule has 2 heterocycles. The summed E-state index contributed by atoms with van der Waals surface area (Å²) in [6, 6.07) is 9.62. The van der Waals surface area contributed by atoms with Gasteiger partial charge in [-0.15, -0.1) is 0 Å². The summed E-state index contributed by atoms with van der Waals surface area (Å²) in [7, 11) is 0. The van der Waals surface area contributed by atoms with Gasteiger partial charge in [0.05, 0.1) is 0 Å². The van der Waals surface area contributed by atoms with E-state index in [0.29, 0.717) is 10.8 Å². The second-order valence-electron chi connectivity index (χ2n) is 4.26. The number of imidazole rings is 1. The number of hydrogen-bond acceptors (Lipinski definition) is 2.